The number of ether oxygens (including phenoxy) is 1. The lowest BCUT2D eigenvalue weighted by Gasteiger charge is -2.32. The number of rotatable bonds is 8. The van der Waals surface area contributed by atoms with E-state index in [2.05, 4.69) is 116 Å². The average molecular weight is 396 g/mol. The Morgan fingerprint density at radius 3 is 2.13 bits per heavy atom. The molecule has 30 heavy (non-hydrogen) atoms. The molecule has 0 fully saturated rings. The van der Waals surface area contributed by atoms with Crippen molar-refractivity contribution in [1.29, 1.82) is 0 Å². The number of benzene rings is 4. The molecule has 0 aromatic heterocycles. The maximum absolute atomic E-state index is 6.48. The maximum Gasteiger partial charge on any atom is 0.0981 e. The third kappa shape index (κ3) is 4.79. The number of hydrogen-bond donors (Lipinski definition) is 0. The molecule has 0 spiro atoms. The van der Waals surface area contributed by atoms with Crippen molar-refractivity contribution < 1.29 is 4.74 Å². The third-order valence-electron chi connectivity index (χ3n) is 5.83. The van der Waals surface area contributed by atoms with E-state index in [1.54, 1.807) is 0 Å². The Morgan fingerprint density at radius 1 is 0.733 bits per heavy atom. The van der Waals surface area contributed by atoms with Crippen LogP contribution in [0.2, 0.25) is 0 Å². The van der Waals surface area contributed by atoms with Gasteiger partial charge in [-0.3, -0.25) is 4.90 Å². The van der Waals surface area contributed by atoms with Gasteiger partial charge in [-0.1, -0.05) is 103 Å². The van der Waals surface area contributed by atoms with Gasteiger partial charge in [0.1, 0.15) is 0 Å². The van der Waals surface area contributed by atoms with Gasteiger partial charge in [-0.15, -0.1) is 0 Å². The minimum atomic E-state index is -0.00798. The minimum absolute atomic E-state index is 0.00798. The molecule has 4 aromatic carbocycles. The van der Waals surface area contributed by atoms with Gasteiger partial charge in [0, 0.05) is 12.6 Å². The molecule has 0 unspecified atom stereocenters. The van der Waals surface area contributed by atoms with Gasteiger partial charge in [-0.2, -0.15) is 0 Å². The molecular weight excluding hydrogens is 366 g/mol. The summed E-state index contributed by atoms with van der Waals surface area (Å²) in [6, 6.07) is 36.3. The Balaban J connectivity index is 1.54. The first kappa shape index (κ1) is 20.3. The number of fused-ring (bicyclic) bond motifs is 1. The van der Waals surface area contributed by atoms with E-state index in [9.17, 15) is 0 Å². The van der Waals surface area contributed by atoms with Gasteiger partial charge in [-0.25, -0.2) is 0 Å². The smallest absolute Gasteiger partial charge is 0.0981 e. The van der Waals surface area contributed by atoms with Crippen LogP contribution in [0, 0.1) is 0 Å². The number of nitrogens with zero attached hydrogens (tertiary/aromatic N) is 1. The first-order chi connectivity index (χ1) is 14.7. The molecule has 0 amide bonds. The lowest BCUT2D eigenvalue weighted by molar-refractivity contribution is -0.0156. The first-order valence-corrected chi connectivity index (χ1v) is 10.6. The highest BCUT2D eigenvalue weighted by molar-refractivity contribution is 5.85. The molecular formula is C28H29NO. The fourth-order valence-corrected chi connectivity index (χ4v) is 3.99. The summed E-state index contributed by atoms with van der Waals surface area (Å²) in [6.07, 6.45) is -0.00798. The highest BCUT2D eigenvalue weighted by Crippen LogP contribution is 2.28. The summed E-state index contributed by atoms with van der Waals surface area (Å²) in [7, 11) is 2.19. The van der Waals surface area contributed by atoms with Crippen molar-refractivity contribution in [3.8, 4) is 0 Å². The average Bonchev–Trinajstić information content (AvgIpc) is 2.81. The first-order valence-electron chi connectivity index (χ1n) is 10.6. The van der Waals surface area contributed by atoms with E-state index in [1.807, 2.05) is 6.07 Å². The summed E-state index contributed by atoms with van der Waals surface area (Å²) in [5.74, 6) is 0. The van der Waals surface area contributed by atoms with Gasteiger partial charge >= 0.3 is 0 Å². The molecule has 0 aliphatic rings. The maximum atomic E-state index is 6.48. The molecule has 0 heterocycles. The molecule has 152 valence electrons. The van der Waals surface area contributed by atoms with Gasteiger partial charge in [0.25, 0.3) is 0 Å². The zero-order valence-corrected chi connectivity index (χ0v) is 17.7. The Morgan fingerprint density at radius 2 is 1.37 bits per heavy atom. The third-order valence-corrected chi connectivity index (χ3v) is 5.83. The van der Waals surface area contributed by atoms with E-state index in [0.717, 1.165) is 6.54 Å². The van der Waals surface area contributed by atoms with Gasteiger partial charge < -0.3 is 4.74 Å². The molecule has 0 bridgehead atoms. The fraction of sp³-hybridized carbons (Fsp3) is 0.214. The summed E-state index contributed by atoms with van der Waals surface area (Å²) in [5.41, 5.74) is 3.75. The van der Waals surface area contributed by atoms with E-state index in [4.69, 9.17) is 4.74 Å². The normalized spacial score (nSPS) is 13.4. The molecule has 0 aliphatic carbocycles. The van der Waals surface area contributed by atoms with E-state index in [1.165, 1.54) is 27.5 Å². The van der Waals surface area contributed by atoms with Gasteiger partial charge in [-0.05, 0) is 41.4 Å². The molecule has 4 rings (SSSR count). The van der Waals surface area contributed by atoms with Gasteiger partial charge in [0.15, 0.2) is 0 Å². The van der Waals surface area contributed by atoms with Crippen molar-refractivity contribution in [3.05, 3.63) is 120 Å². The molecule has 0 saturated heterocycles. The highest BCUT2D eigenvalue weighted by Gasteiger charge is 2.24. The van der Waals surface area contributed by atoms with Gasteiger partial charge in [0.2, 0.25) is 0 Å². The van der Waals surface area contributed by atoms with Crippen molar-refractivity contribution in [1.82, 2.24) is 4.90 Å². The molecule has 4 aromatic rings. The second-order valence-corrected chi connectivity index (χ2v) is 7.92. The van der Waals surface area contributed by atoms with Crippen LogP contribution >= 0.6 is 0 Å². The Hall–Kier alpha value is -2.94. The molecule has 0 N–H and O–H groups in total. The Kier molecular flexibility index (Phi) is 6.58. The largest absolute Gasteiger partial charge is 0.367 e. The lowest BCUT2D eigenvalue weighted by atomic mass is 10.00. The molecule has 0 aliphatic heterocycles. The Labute approximate surface area is 179 Å². The van der Waals surface area contributed by atoms with Crippen molar-refractivity contribution >= 4 is 10.8 Å². The number of hydrogen-bond acceptors (Lipinski definition) is 2. The molecule has 2 atom stereocenters. The van der Waals surface area contributed by atoms with Crippen LogP contribution in [0.25, 0.3) is 10.8 Å². The van der Waals surface area contributed by atoms with Crippen LogP contribution in [-0.2, 0) is 17.9 Å². The zero-order valence-electron chi connectivity index (χ0n) is 17.7. The van der Waals surface area contributed by atoms with Crippen LogP contribution in [0.15, 0.2) is 103 Å². The topological polar surface area (TPSA) is 12.5 Å². The van der Waals surface area contributed by atoms with E-state index < -0.39 is 0 Å². The van der Waals surface area contributed by atoms with Crippen LogP contribution in [0.5, 0.6) is 0 Å². The SMILES string of the molecule is C[C@@H]([C@@H](OCc1ccccc1)c1ccccc1)N(C)Cc1cccc2ccccc12. The second kappa shape index (κ2) is 9.71. The zero-order chi connectivity index (χ0) is 20.8. The van der Waals surface area contributed by atoms with Gasteiger partial charge in [0.05, 0.1) is 12.7 Å². The van der Waals surface area contributed by atoms with Crippen molar-refractivity contribution in [2.75, 3.05) is 7.05 Å². The summed E-state index contributed by atoms with van der Waals surface area (Å²) in [6.45, 7) is 3.74. The van der Waals surface area contributed by atoms with Crippen molar-refractivity contribution in [2.24, 2.45) is 0 Å². The molecule has 0 radical (unpaired) electrons. The quantitative estimate of drug-likeness (QED) is 0.332. The molecule has 2 nitrogen and oxygen atoms in total. The van der Waals surface area contributed by atoms with Crippen LogP contribution in [0.1, 0.15) is 29.7 Å². The highest BCUT2D eigenvalue weighted by atomic mass is 16.5. The second-order valence-electron chi connectivity index (χ2n) is 7.92. The predicted molar refractivity (Wildman–Crippen MR) is 125 cm³/mol. The molecule has 0 saturated carbocycles. The van der Waals surface area contributed by atoms with Crippen LogP contribution in [0.3, 0.4) is 0 Å². The summed E-state index contributed by atoms with van der Waals surface area (Å²) in [5, 5.41) is 2.61. The Bertz CT molecular complexity index is 1060. The fourth-order valence-electron chi connectivity index (χ4n) is 3.99. The van der Waals surface area contributed by atoms with E-state index >= 15 is 0 Å². The van der Waals surface area contributed by atoms with Crippen LogP contribution in [0.4, 0.5) is 0 Å². The standard InChI is InChI=1S/C28H29NO/c1-22(29(2)20-26-18-11-17-24-14-9-10-19-27(24)26)28(25-15-7-4-8-16-25)30-21-23-12-5-3-6-13-23/h3-19,22,28H,20-21H2,1-2H3/t22-,28+/m0/s1. The van der Waals surface area contributed by atoms with Crippen LogP contribution < -0.4 is 0 Å². The predicted octanol–water partition coefficient (Wildman–Crippen LogP) is 6.62. The summed E-state index contributed by atoms with van der Waals surface area (Å²) in [4.78, 5) is 2.39. The van der Waals surface area contributed by atoms with Crippen molar-refractivity contribution in [2.45, 2.75) is 32.2 Å². The lowest BCUT2D eigenvalue weighted by Crippen LogP contribution is -2.35. The van der Waals surface area contributed by atoms with Crippen LogP contribution in [-0.4, -0.2) is 18.0 Å². The molecule has 2 heteroatoms. The van der Waals surface area contributed by atoms with Crippen molar-refractivity contribution in [3.63, 3.8) is 0 Å². The number of likely N-dealkylation sites (N-methyl/N-ethyl adjacent to an activating group) is 1. The van der Waals surface area contributed by atoms with E-state index in [-0.39, 0.29) is 12.1 Å². The summed E-state index contributed by atoms with van der Waals surface area (Å²) >= 11 is 0. The minimum Gasteiger partial charge on any atom is -0.367 e. The monoisotopic (exact) mass is 395 g/mol. The summed E-state index contributed by atoms with van der Waals surface area (Å²) < 4.78 is 6.48. The van der Waals surface area contributed by atoms with E-state index in [0.29, 0.717) is 6.61 Å².